The Balaban J connectivity index is 0.000000157. The van der Waals surface area contributed by atoms with Gasteiger partial charge in [0.25, 0.3) is 0 Å². The maximum atomic E-state index is 5.43. The van der Waals surface area contributed by atoms with E-state index in [1.165, 1.54) is 20.5 Å². The monoisotopic (exact) mass is 470 g/mol. The van der Waals surface area contributed by atoms with Crippen LogP contribution in [0.2, 0.25) is 0 Å². The van der Waals surface area contributed by atoms with Crippen molar-refractivity contribution >= 4 is 12.4 Å². The van der Waals surface area contributed by atoms with Gasteiger partial charge in [-0.05, 0) is 45.1 Å². The van der Waals surface area contributed by atoms with Crippen LogP contribution in [0.1, 0.15) is 0 Å². The molecule has 0 saturated heterocycles. The third-order valence-corrected chi connectivity index (χ3v) is 5.46. The maximum absolute atomic E-state index is 5.43. The third kappa shape index (κ3) is 4.23. The Morgan fingerprint density at radius 2 is 1.29 bits per heavy atom. The number of nitrogens with zero attached hydrogens (tertiary/aromatic N) is 4. The van der Waals surface area contributed by atoms with Gasteiger partial charge < -0.3 is 9.47 Å². The van der Waals surface area contributed by atoms with Crippen LogP contribution in [0.5, 0.6) is 11.5 Å². The Labute approximate surface area is 202 Å². The molecule has 0 fully saturated rings. The first-order valence-electron chi connectivity index (χ1n) is 10.6. The van der Waals surface area contributed by atoms with Crippen molar-refractivity contribution in [1.82, 2.24) is 20.2 Å². The summed E-state index contributed by atoms with van der Waals surface area (Å²) >= 11 is 0. The molecule has 6 nitrogen and oxygen atoms in total. The van der Waals surface area contributed by atoms with Crippen LogP contribution in [0, 0.1) is 20.9 Å². The van der Waals surface area contributed by atoms with E-state index in [9.17, 15) is 0 Å². The number of halogens is 1. The molecule has 4 aromatic carbocycles. The summed E-state index contributed by atoms with van der Waals surface area (Å²) in [6.45, 7) is 0. The van der Waals surface area contributed by atoms with Gasteiger partial charge >= 0.3 is 0 Å². The highest BCUT2D eigenvalue weighted by Crippen LogP contribution is 2.31. The van der Waals surface area contributed by atoms with Crippen LogP contribution >= 0.6 is 12.4 Å². The molecule has 0 bridgehead atoms. The van der Waals surface area contributed by atoms with Crippen LogP contribution in [0.15, 0.2) is 97.1 Å². The second-order valence-electron chi connectivity index (χ2n) is 7.37. The Hall–Kier alpha value is -4.16. The van der Waals surface area contributed by atoms with Crippen molar-refractivity contribution in [1.29, 1.82) is 0 Å². The zero-order valence-corrected chi connectivity index (χ0v) is 19.6. The lowest BCUT2D eigenvalue weighted by atomic mass is 10.0. The van der Waals surface area contributed by atoms with Crippen LogP contribution in [0.3, 0.4) is 0 Å². The minimum atomic E-state index is 0. The molecule has 0 aliphatic heterocycles. The van der Waals surface area contributed by atoms with Gasteiger partial charge in [-0.1, -0.05) is 72.8 Å². The molecule has 0 atom stereocenters. The Morgan fingerprint density at radius 1 is 0.647 bits per heavy atom. The predicted octanol–water partition coefficient (Wildman–Crippen LogP) is 5.34. The van der Waals surface area contributed by atoms with E-state index in [2.05, 4.69) is 39.7 Å². The van der Waals surface area contributed by atoms with E-state index in [-0.39, 0.29) is 12.4 Å². The molecule has 0 N–H and O–H groups in total. The van der Waals surface area contributed by atoms with E-state index in [4.69, 9.17) is 9.47 Å². The van der Waals surface area contributed by atoms with Gasteiger partial charge in [0.15, 0.2) is 11.5 Å². The molecular weight excluding hydrogens is 448 g/mol. The van der Waals surface area contributed by atoms with Gasteiger partial charge in [-0.15, -0.1) is 27.4 Å². The number of aromatic nitrogens is 4. The molecule has 0 amide bonds. The Kier molecular flexibility index (Phi) is 6.90. The molecule has 34 heavy (non-hydrogen) atoms. The summed E-state index contributed by atoms with van der Waals surface area (Å²) in [5.41, 5.74) is 1.87. The fourth-order valence-electron chi connectivity index (χ4n) is 3.88. The first kappa shape index (κ1) is 23.0. The van der Waals surface area contributed by atoms with Gasteiger partial charge in [-0.25, -0.2) is 0 Å². The molecule has 1 aromatic heterocycles. The Morgan fingerprint density at radius 3 is 1.97 bits per heavy atom. The molecule has 0 radical (unpaired) electrons. The number of hydrogen-bond acceptors (Lipinski definition) is 5. The van der Waals surface area contributed by atoms with Crippen molar-refractivity contribution in [2.45, 2.75) is 0 Å². The second-order valence-corrected chi connectivity index (χ2v) is 7.37. The largest absolute Gasteiger partial charge is 0.493 e. The van der Waals surface area contributed by atoms with Crippen molar-refractivity contribution < 1.29 is 9.47 Å². The minimum Gasteiger partial charge on any atom is -0.493 e. The lowest BCUT2D eigenvalue weighted by Crippen LogP contribution is -1.98. The topological polar surface area (TPSA) is 62.1 Å². The lowest BCUT2D eigenvalue weighted by molar-refractivity contribution is 0.352. The van der Waals surface area contributed by atoms with E-state index in [0.29, 0.717) is 5.82 Å². The SMILES string of the molecule is COc1ccc2c(c1OC)=c1ccccc1=2.Cl.c1ccc(-c2nnn(-c3ccccc3)n2)cc1. The summed E-state index contributed by atoms with van der Waals surface area (Å²) in [4.78, 5) is 1.53. The van der Waals surface area contributed by atoms with Crippen molar-refractivity contribution in [2.75, 3.05) is 14.2 Å². The molecule has 0 saturated carbocycles. The standard InChI is InChI=1S/C14H12O2.C13H10N4.ClH/c1-15-12-8-7-11-9-5-3-4-6-10(9)13(11)14(12)16-2;1-3-7-11(8-4-1)13-14-16-17(15-13)12-9-5-2-6-10-12;/h3-8H,1-2H3;1-10H;1H. The molecule has 7 heteroatoms. The molecule has 1 aliphatic rings. The van der Waals surface area contributed by atoms with Gasteiger partial charge in [-0.2, -0.15) is 0 Å². The zero-order chi connectivity index (χ0) is 22.6. The highest BCUT2D eigenvalue weighted by Gasteiger charge is 2.11. The van der Waals surface area contributed by atoms with Crippen LogP contribution in [0.4, 0.5) is 0 Å². The quantitative estimate of drug-likeness (QED) is 0.348. The highest BCUT2D eigenvalue weighted by atomic mass is 35.5. The maximum Gasteiger partial charge on any atom is 0.205 e. The molecular formula is C27H23ClN4O2. The van der Waals surface area contributed by atoms with Crippen LogP contribution in [-0.2, 0) is 0 Å². The van der Waals surface area contributed by atoms with Crippen LogP contribution in [0.25, 0.3) is 17.1 Å². The lowest BCUT2D eigenvalue weighted by Gasteiger charge is -2.12. The van der Waals surface area contributed by atoms with Gasteiger partial charge in [0, 0.05) is 10.8 Å². The summed E-state index contributed by atoms with van der Waals surface area (Å²) < 4.78 is 10.7. The van der Waals surface area contributed by atoms with E-state index < -0.39 is 0 Å². The number of hydrogen-bond donors (Lipinski definition) is 0. The van der Waals surface area contributed by atoms with Gasteiger partial charge in [0.05, 0.1) is 19.9 Å². The van der Waals surface area contributed by atoms with Gasteiger partial charge in [0.2, 0.25) is 5.82 Å². The number of ether oxygens (including phenoxy) is 2. The van der Waals surface area contributed by atoms with Crippen molar-refractivity contribution in [3.05, 3.63) is 118 Å². The summed E-state index contributed by atoms with van der Waals surface area (Å²) in [5.74, 6) is 2.25. The summed E-state index contributed by atoms with van der Waals surface area (Å²) in [5, 5.41) is 17.4. The zero-order valence-electron chi connectivity index (χ0n) is 18.8. The predicted molar refractivity (Wildman–Crippen MR) is 133 cm³/mol. The second kappa shape index (κ2) is 10.2. The average Bonchev–Trinajstić information content (AvgIpc) is 3.38. The summed E-state index contributed by atoms with van der Waals surface area (Å²) in [6, 6.07) is 31.9. The van der Waals surface area contributed by atoms with Gasteiger partial charge in [-0.3, -0.25) is 0 Å². The number of methoxy groups -OCH3 is 2. The van der Waals surface area contributed by atoms with Crippen LogP contribution < -0.4 is 9.47 Å². The van der Waals surface area contributed by atoms with Crippen molar-refractivity contribution in [3.8, 4) is 28.6 Å². The average molecular weight is 471 g/mol. The highest BCUT2D eigenvalue weighted by molar-refractivity contribution is 5.85. The van der Waals surface area contributed by atoms with E-state index in [0.717, 1.165) is 28.0 Å². The van der Waals surface area contributed by atoms with E-state index >= 15 is 0 Å². The first-order valence-corrected chi connectivity index (χ1v) is 10.6. The number of fused-ring (bicyclic) bond motifs is 2. The number of para-hydroxylation sites is 1. The fraction of sp³-hybridized carbons (Fsp3) is 0.0741. The van der Waals surface area contributed by atoms with E-state index in [1.54, 1.807) is 14.2 Å². The number of rotatable bonds is 4. The van der Waals surface area contributed by atoms with Crippen LogP contribution in [-0.4, -0.2) is 34.4 Å². The summed E-state index contributed by atoms with van der Waals surface area (Å²) in [6.07, 6.45) is 0. The smallest absolute Gasteiger partial charge is 0.205 e. The molecule has 5 aromatic rings. The van der Waals surface area contributed by atoms with Crippen molar-refractivity contribution in [2.24, 2.45) is 0 Å². The molecule has 0 spiro atoms. The fourth-order valence-corrected chi connectivity index (χ4v) is 3.88. The molecule has 0 unspecified atom stereocenters. The molecule has 1 heterocycles. The number of tetrazole rings is 1. The molecule has 1 aliphatic carbocycles. The normalized spacial score (nSPS) is 10.4. The third-order valence-electron chi connectivity index (χ3n) is 5.46. The van der Waals surface area contributed by atoms with Crippen molar-refractivity contribution in [3.63, 3.8) is 0 Å². The Bertz CT molecular complexity index is 1540. The van der Waals surface area contributed by atoms with E-state index in [1.807, 2.05) is 72.8 Å². The first-order chi connectivity index (χ1) is 16.3. The number of benzene rings is 4. The molecule has 6 rings (SSSR count). The summed E-state index contributed by atoms with van der Waals surface area (Å²) in [7, 11) is 3.34. The minimum absolute atomic E-state index is 0. The van der Waals surface area contributed by atoms with Gasteiger partial charge in [0.1, 0.15) is 0 Å². The molecule has 170 valence electrons.